The Hall–Kier alpha value is 0.220. The molecule has 0 spiro atoms. The second kappa shape index (κ2) is 5.06. The lowest BCUT2D eigenvalue weighted by Gasteiger charge is -1.99. The molecule has 0 saturated heterocycles. The van der Waals surface area contributed by atoms with Crippen molar-refractivity contribution in [1.29, 1.82) is 0 Å². The van der Waals surface area contributed by atoms with Gasteiger partial charge in [-0.05, 0) is 13.2 Å². The van der Waals surface area contributed by atoms with E-state index in [2.05, 4.69) is 10.2 Å². The fraction of sp³-hybridized carbons (Fsp3) is 0.667. The minimum atomic E-state index is 0.219. The van der Waals surface area contributed by atoms with Crippen LogP contribution in [0.1, 0.15) is 6.92 Å². The first-order chi connectivity index (χ1) is 5.72. The summed E-state index contributed by atoms with van der Waals surface area (Å²) in [5.74, 6) is 0.906. The van der Waals surface area contributed by atoms with Crippen molar-refractivity contribution >= 4 is 34.9 Å². The van der Waals surface area contributed by atoms with Gasteiger partial charge in [-0.25, -0.2) is 0 Å². The predicted octanol–water partition coefficient (Wildman–Crippen LogP) is 1.70. The molecule has 0 fully saturated rings. The molecule has 1 aromatic rings. The molecule has 0 aromatic carbocycles. The summed E-state index contributed by atoms with van der Waals surface area (Å²) in [6.07, 6.45) is 2.00. The zero-order valence-electron chi connectivity index (χ0n) is 6.98. The number of rotatable bonds is 4. The minimum Gasteiger partial charge on any atom is -0.327 e. The lowest BCUT2D eigenvalue weighted by Crippen LogP contribution is -2.17. The minimum absolute atomic E-state index is 0.219. The standard InChI is InChI=1S/C6H11N3S3/c1-4(7)3-11-6-9-8-5(10-2)12-6/h4H,3,7H2,1-2H3/t4-/m0/s1. The van der Waals surface area contributed by atoms with Gasteiger partial charge in [0.1, 0.15) is 0 Å². The van der Waals surface area contributed by atoms with Crippen LogP contribution in [0, 0.1) is 0 Å². The van der Waals surface area contributed by atoms with Crippen molar-refractivity contribution in [2.45, 2.75) is 21.6 Å². The quantitative estimate of drug-likeness (QED) is 0.784. The van der Waals surface area contributed by atoms with Crippen LogP contribution < -0.4 is 5.73 Å². The summed E-state index contributed by atoms with van der Waals surface area (Å²) in [6.45, 7) is 1.99. The van der Waals surface area contributed by atoms with Gasteiger partial charge in [0.15, 0.2) is 8.68 Å². The highest BCUT2D eigenvalue weighted by Gasteiger charge is 2.04. The second-order valence-corrected chi connectivity index (χ2v) is 5.62. The van der Waals surface area contributed by atoms with Crippen LogP contribution in [0.3, 0.4) is 0 Å². The zero-order valence-corrected chi connectivity index (χ0v) is 9.43. The fourth-order valence-corrected chi connectivity index (χ4v) is 2.88. The number of nitrogens with two attached hydrogens (primary N) is 1. The molecule has 2 N–H and O–H groups in total. The van der Waals surface area contributed by atoms with E-state index >= 15 is 0 Å². The summed E-state index contributed by atoms with van der Waals surface area (Å²) in [6, 6.07) is 0.219. The number of aromatic nitrogens is 2. The number of hydrogen-bond donors (Lipinski definition) is 1. The summed E-state index contributed by atoms with van der Waals surface area (Å²) in [5, 5.41) is 8.00. The van der Waals surface area contributed by atoms with Gasteiger partial charge in [-0.1, -0.05) is 34.9 Å². The number of nitrogens with zero attached hydrogens (tertiary/aromatic N) is 2. The molecular formula is C6H11N3S3. The van der Waals surface area contributed by atoms with Crippen LogP contribution in [0.2, 0.25) is 0 Å². The Morgan fingerprint density at radius 1 is 1.50 bits per heavy atom. The third-order valence-corrected chi connectivity index (χ3v) is 4.35. The molecule has 1 aromatic heterocycles. The molecular weight excluding hydrogens is 210 g/mol. The first-order valence-corrected chi connectivity index (χ1v) is 6.51. The van der Waals surface area contributed by atoms with E-state index < -0.39 is 0 Å². The van der Waals surface area contributed by atoms with E-state index in [0.717, 1.165) is 14.4 Å². The lowest BCUT2D eigenvalue weighted by atomic mass is 10.4. The summed E-state index contributed by atoms with van der Waals surface area (Å²) in [4.78, 5) is 0. The molecule has 3 nitrogen and oxygen atoms in total. The van der Waals surface area contributed by atoms with Crippen LogP contribution in [0.15, 0.2) is 8.68 Å². The summed E-state index contributed by atoms with van der Waals surface area (Å²) >= 11 is 4.92. The highest BCUT2D eigenvalue weighted by Crippen LogP contribution is 2.27. The summed E-state index contributed by atoms with van der Waals surface area (Å²) in [7, 11) is 0. The van der Waals surface area contributed by atoms with E-state index in [-0.39, 0.29) is 6.04 Å². The average molecular weight is 221 g/mol. The monoisotopic (exact) mass is 221 g/mol. The highest BCUT2D eigenvalue weighted by atomic mass is 32.2. The zero-order chi connectivity index (χ0) is 8.97. The first-order valence-electron chi connectivity index (χ1n) is 3.48. The Bertz CT molecular complexity index is 236. The Kier molecular flexibility index (Phi) is 4.34. The van der Waals surface area contributed by atoms with Crippen molar-refractivity contribution in [1.82, 2.24) is 10.2 Å². The molecule has 0 aliphatic rings. The van der Waals surface area contributed by atoms with Gasteiger partial charge < -0.3 is 5.73 Å². The van der Waals surface area contributed by atoms with Crippen molar-refractivity contribution in [3.8, 4) is 0 Å². The number of hydrogen-bond acceptors (Lipinski definition) is 6. The molecule has 6 heteroatoms. The maximum Gasteiger partial charge on any atom is 0.175 e. The van der Waals surface area contributed by atoms with Crippen molar-refractivity contribution < 1.29 is 0 Å². The normalized spacial score (nSPS) is 13.2. The molecule has 0 unspecified atom stereocenters. The predicted molar refractivity (Wildman–Crippen MR) is 56.1 cm³/mol. The fourth-order valence-electron chi connectivity index (χ4n) is 0.541. The Morgan fingerprint density at radius 3 is 2.67 bits per heavy atom. The van der Waals surface area contributed by atoms with E-state index in [9.17, 15) is 0 Å². The molecule has 0 aliphatic carbocycles. The van der Waals surface area contributed by atoms with Gasteiger partial charge >= 0.3 is 0 Å². The van der Waals surface area contributed by atoms with Gasteiger partial charge in [-0.3, -0.25) is 0 Å². The smallest absolute Gasteiger partial charge is 0.175 e. The van der Waals surface area contributed by atoms with Crippen LogP contribution in [-0.4, -0.2) is 28.2 Å². The summed E-state index contributed by atoms with van der Waals surface area (Å²) in [5.41, 5.74) is 5.61. The Labute approximate surface area is 84.5 Å². The van der Waals surface area contributed by atoms with Crippen LogP contribution >= 0.6 is 34.9 Å². The van der Waals surface area contributed by atoms with Crippen molar-refractivity contribution in [3.63, 3.8) is 0 Å². The van der Waals surface area contributed by atoms with E-state index in [4.69, 9.17) is 5.73 Å². The van der Waals surface area contributed by atoms with Crippen LogP contribution in [-0.2, 0) is 0 Å². The van der Waals surface area contributed by atoms with Crippen molar-refractivity contribution in [3.05, 3.63) is 0 Å². The Balaban J connectivity index is 2.41. The average Bonchev–Trinajstić information content (AvgIpc) is 2.48. The topological polar surface area (TPSA) is 51.8 Å². The molecule has 68 valence electrons. The molecule has 1 atom stereocenters. The molecule has 0 saturated carbocycles. The summed E-state index contributed by atoms with van der Waals surface area (Å²) < 4.78 is 2.03. The lowest BCUT2D eigenvalue weighted by molar-refractivity contribution is 0.845. The molecule has 0 amide bonds. The SMILES string of the molecule is CSc1nnc(SC[C@H](C)N)s1. The van der Waals surface area contributed by atoms with E-state index in [1.54, 1.807) is 34.9 Å². The molecule has 0 radical (unpaired) electrons. The maximum absolute atomic E-state index is 5.61. The van der Waals surface area contributed by atoms with Gasteiger partial charge in [-0.2, -0.15) is 0 Å². The number of thioether (sulfide) groups is 2. The van der Waals surface area contributed by atoms with Crippen LogP contribution in [0.4, 0.5) is 0 Å². The third-order valence-electron chi connectivity index (χ3n) is 1.03. The van der Waals surface area contributed by atoms with Crippen molar-refractivity contribution in [2.24, 2.45) is 5.73 Å². The third kappa shape index (κ3) is 3.30. The molecule has 0 bridgehead atoms. The van der Waals surface area contributed by atoms with E-state index in [0.29, 0.717) is 0 Å². The molecule has 1 heterocycles. The van der Waals surface area contributed by atoms with Gasteiger partial charge in [-0.15, -0.1) is 10.2 Å². The molecule has 0 aliphatic heterocycles. The molecule has 12 heavy (non-hydrogen) atoms. The van der Waals surface area contributed by atoms with Gasteiger partial charge in [0.05, 0.1) is 0 Å². The largest absolute Gasteiger partial charge is 0.327 e. The van der Waals surface area contributed by atoms with Crippen LogP contribution in [0.5, 0.6) is 0 Å². The molecule has 1 rings (SSSR count). The maximum atomic E-state index is 5.61. The van der Waals surface area contributed by atoms with Crippen molar-refractivity contribution in [2.75, 3.05) is 12.0 Å². The second-order valence-electron chi connectivity index (χ2n) is 2.33. The Morgan fingerprint density at radius 2 is 2.17 bits per heavy atom. The van der Waals surface area contributed by atoms with Gasteiger partial charge in [0.2, 0.25) is 0 Å². The van der Waals surface area contributed by atoms with E-state index in [1.165, 1.54) is 0 Å². The highest BCUT2D eigenvalue weighted by molar-refractivity contribution is 8.02. The van der Waals surface area contributed by atoms with Crippen LogP contribution in [0.25, 0.3) is 0 Å². The van der Waals surface area contributed by atoms with E-state index in [1.807, 2.05) is 13.2 Å². The first kappa shape index (κ1) is 10.3. The van der Waals surface area contributed by atoms with Gasteiger partial charge in [0.25, 0.3) is 0 Å². The van der Waals surface area contributed by atoms with Gasteiger partial charge in [0, 0.05) is 11.8 Å².